The van der Waals surface area contributed by atoms with E-state index in [1.54, 1.807) is 20.3 Å². The molecule has 8 heteroatoms. The maximum absolute atomic E-state index is 13.8. The Balaban J connectivity index is 1.64. The van der Waals surface area contributed by atoms with Gasteiger partial charge in [0.2, 0.25) is 0 Å². The molecule has 4 rings (SSSR count). The van der Waals surface area contributed by atoms with Gasteiger partial charge in [-0.05, 0) is 30.9 Å². The molecule has 2 aliphatic rings. The maximum Gasteiger partial charge on any atom is 0.271 e. The number of nitrogens with zero attached hydrogens (tertiary/aromatic N) is 2. The molecule has 2 amide bonds. The molecule has 3 unspecified atom stereocenters. The third-order valence-electron chi connectivity index (χ3n) is 6.86. The second-order valence-electron chi connectivity index (χ2n) is 8.95. The summed E-state index contributed by atoms with van der Waals surface area (Å²) in [6, 6.07) is 11.5. The van der Waals surface area contributed by atoms with Crippen LogP contribution in [0.5, 0.6) is 0 Å². The maximum atomic E-state index is 13.8. The van der Waals surface area contributed by atoms with Crippen molar-refractivity contribution in [3.63, 3.8) is 0 Å². The Bertz CT molecular complexity index is 976. The van der Waals surface area contributed by atoms with Gasteiger partial charge in [0.1, 0.15) is 5.69 Å². The third-order valence-corrected chi connectivity index (χ3v) is 6.86. The van der Waals surface area contributed by atoms with Crippen molar-refractivity contribution in [2.45, 2.75) is 57.5 Å². The van der Waals surface area contributed by atoms with Crippen LogP contribution in [0.15, 0.2) is 36.4 Å². The number of hydrogen-bond donors (Lipinski definition) is 1. The minimum atomic E-state index is -0.188. The van der Waals surface area contributed by atoms with Crippen molar-refractivity contribution in [2.75, 3.05) is 34.0 Å². The Morgan fingerprint density at radius 2 is 1.79 bits per heavy atom. The Labute approximate surface area is 201 Å². The molecule has 1 aromatic carbocycles. The largest absolute Gasteiger partial charge is 0.383 e. The van der Waals surface area contributed by atoms with Gasteiger partial charge >= 0.3 is 0 Å². The summed E-state index contributed by atoms with van der Waals surface area (Å²) in [5.41, 5.74) is 2.84. The fourth-order valence-electron chi connectivity index (χ4n) is 5.18. The van der Waals surface area contributed by atoms with Gasteiger partial charge in [0.05, 0.1) is 55.8 Å². The van der Waals surface area contributed by atoms with E-state index < -0.39 is 0 Å². The van der Waals surface area contributed by atoms with Gasteiger partial charge in [-0.15, -0.1) is 0 Å². The number of aromatic nitrogens is 1. The molecule has 3 heterocycles. The number of ether oxygens (including phenoxy) is 3. The molecule has 1 fully saturated rings. The van der Waals surface area contributed by atoms with Gasteiger partial charge in [0.15, 0.2) is 0 Å². The van der Waals surface area contributed by atoms with Gasteiger partial charge < -0.3 is 29.0 Å². The Kier molecular flexibility index (Phi) is 8.03. The first-order valence-electron chi connectivity index (χ1n) is 12.1. The number of rotatable bonds is 9. The van der Waals surface area contributed by atoms with Crippen LogP contribution < -0.4 is 5.32 Å². The Morgan fingerprint density at radius 3 is 2.41 bits per heavy atom. The van der Waals surface area contributed by atoms with E-state index in [0.29, 0.717) is 44.2 Å². The molecule has 2 aliphatic heterocycles. The zero-order valence-electron chi connectivity index (χ0n) is 20.3. The van der Waals surface area contributed by atoms with Gasteiger partial charge in [-0.25, -0.2) is 0 Å². The normalized spacial score (nSPS) is 20.7. The molecule has 1 N–H and O–H groups in total. The lowest BCUT2D eigenvalue weighted by Crippen LogP contribution is -2.45. The van der Waals surface area contributed by atoms with E-state index >= 15 is 0 Å². The van der Waals surface area contributed by atoms with Crippen molar-refractivity contribution in [1.82, 2.24) is 14.8 Å². The van der Waals surface area contributed by atoms with E-state index in [1.807, 2.05) is 46.7 Å². The standard InChI is InChI=1S/C26H35N3O5/c1-4-22(18-8-6-5-7-9-18)27-25(30)21-14-23(28-12-13-34-17-24(21)28)26(31)29-19(15-32-2)10-11-20(29)16-33-3/h5-9,14,19-20,22H,4,10-13,15-17H2,1-3H3,(H,27,30). The smallest absolute Gasteiger partial charge is 0.271 e. The number of likely N-dealkylation sites (tertiary alicyclic amines) is 1. The number of amides is 2. The number of methoxy groups -OCH3 is 2. The summed E-state index contributed by atoms with van der Waals surface area (Å²) < 4.78 is 18.4. The van der Waals surface area contributed by atoms with Crippen molar-refractivity contribution >= 4 is 11.8 Å². The van der Waals surface area contributed by atoms with E-state index in [1.165, 1.54) is 0 Å². The van der Waals surface area contributed by atoms with E-state index in [4.69, 9.17) is 14.2 Å². The zero-order valence-corrected chi connectivity index (χ0v) is 20.3. The summed E-state index contributed by atoms with van der Waals surface area (Å²) >= 11 is 0. The highest BCUT2D eigenvalue weighted by Crippen LogP contribution is 2.30. The predicted molar refractivity (Wildman–Crippen MR) is 128 cm³/mol. The molecule has 0 saturated carbocycles. The van der Waals surface area contributed by atoms with Crippen LogP contribution in [-0.2, 0) is 27.4 Å². The van der Waals surface area contributed by atoms with Crippen LogP contribution in [0.2, 0.25) is 0 Å². The monoisotopic (exact) mass is 469 g/mol. The molecule has 1 aromatic heterocycles. The van der Waals surface area contributed by atoms with Crippen molar-refractivity contribution in [1.29, 1.82) is 0 Å². The van der Waals surface area contributed by atoms with Gasteiger partial charge in [-0.3, -0.25) is 9.59 Å². The lowest BCUT2D eigenvalue weighted by atomic mass is 10.0. The molecule has 2 aromatic rings. The number of nitrogens with one attached hydrogen (secondary N) is 1. The van der Waals surface area contributed by atoms with E-state index in [9.17, 15) is 9.59 Å². The van der Waals surface area contributed by atoms with Crippen LogP contribution in [0.4, 0.5) is 0 Å². The summed E-state index contributed by atoms with van der Waals surface area (Å²) in [4.78, 5) is 29.1. The SMILES string of the molecule is CCC(NC(=O)c1cc(C(=O)N2C(COC)CCC2COC)n2c1COCC2)c1ccccc1. The number of fused-ring (bicyclic) bond motifs is 1. The molecule has 0 aliphatic carbocycles. The lowest BCUT2D eigenvalue weighted by molar-refractivity contribution is 0.0397. The van der Waals surface area contributed by atoms with Crippen molar-refractivity contribution < 1.29 is 23.8 Å². The average molecular weight is 470 g/mol. The quantitative estimate of drug-likeness (QED) is 0.610. The summed E-state index contributed by atoms with van der Waals surface area (Å²) in [6.45, 7) is 4.35. The van der Waals surface area contributed by atoms with Gasteiger partial charge in [0.25, 0.3) is 11.8 Å². The van der Waals surface area contributed by atoms with E-state index in [-0.39, 0.29) is 29.9 Å². The minimum Gasteiger partial charge on any atom is -0.383 e. The molecule has 184 valence electrons. The minimum absolute atomic E-state index is 0.0107. The molecular weight excluding hydrogens is 434 g/mol. The van der Waals surface area contributed by atoms with Gasteiger partial charge in [-0.2, -0.15) is 0 Å². The van der Waals surface area contributed by atoms with Gasteiger partial charge in [0, 0.05) is 20.8 Å². The first kappa shape index (κ1) is 24.4. The molecule has 0 bridgehead atoms. The molecule has 34 heavy (non-hydrogen) atoms. The number of carbonyl (C=O) groups is 2. The highest BCUT2D eigenvalue weighted by Gasteiger charge is 2.39. The predicted octanol–water partition coefficient (Wildman–Crippen LogP) is 3.17. The first-order valence-corrected chi connectivity index (χ1v) is 12.1. The Morgan fingerprint density at radius 1 is 1.12 bits per heavy atom. The van der Waals surface area contributed by atoms with Crippen molar-refractivity contribution in [3.8, 4) is 0 Å². The second-order valence-corrected chi connectivity index (χ2v) is 8.95. The van der Waals surface area contributed by atoms with E-state index in [2.05, 4.69) is 5.32 Å². The van der Waals surface area contributed by atoms with Crippen LogP contribution in [0.1, 0.15) is 64.3 Å². The van der Waals surface area contributed by atoms with Crippen LogP contribution >= 0.6 is 0 Å². The van der Waals surface area contributed by atoms with Crippen molar-refractivity contribution in [3.05, 3.63) is 58.9 Å². The molecule has 0 spiro atoms. The summed E-state index contributed by atoms with van der Waals surface area (Å²) in [7, 11) is 3.31. The fourth-order valence-corrected chi connectivity index (χ4v) is 5.18. The van der Waals surface area contributed by atoms with Crippen LogP contribution in [0.3, 0.4) is 0 Å². The Hall–Kier alpha value is -2.68. The number of benzene rings is 1. The molecule has 3 atom stereocenters. The lowest BCUT2D eigenvalue weighted by Gasteiger charge is -2.30. The fraction of sp³-hybridized carbons (Fsp3) is 0.538. The van der Waals surface area contributed by atoms with Crippen LogP contribution in [0.25, 0.3) is 0 Å². The molecule has 1 saturated heterocycles. The van der Waals surface area contributed by atoms with Crippen molar-refractivity contribution in [2.24, 2.45) is 0 Å². The summed E-state index contributed by atoms with van der Waals surface area (Å²) in [6.07, 6.45) is 2.50. The number of hydrogen-bond acceptors (Lipinski definition) is 5. The first-order chi connectivity index (χ1) is 16.6. The summed E-state index contributed by atoms with van der Waals surface area (Å²) in [5, 5.41) is 3.16. The molecule has 8 nitrogen and oxygen atoms in total. The third kappa shape index (κ3) is 4.89. The zero-order chi connectivity index (χ0) is 24.1. The highest BCUT2D eigenvalue weighted by atomic mass is 16.5. The summed E-state index contributed by atoms with van der Waals surface area (Å²) in [5.74, 6) is -0.272. The molecule has 0 radical (unpaired) electrons. The van der Waals surface area contributed by atoms with E-state index in [0.717, 1.165) is 30.5 Å². The number of carbonyl (C=O) groups excluding carboxylic acids is 2. The second kappa shape index (κ2) is 11.2. The highest BCUT2D eigenvalue weighted by molar-refractivity contribution is 6.01. The molecular formula is C26H35N3O5. The topological polar surface area (TPSA) is 82.0 Å². The van der Waals surface area contributed by atoms with Crippen LogP contribution in [0, 0.1) is 0 Å². The van der Waals surface area contributed by atoms with Gasteiger partial charge in [-0.1, -0.05) is 37.3 Å². The average Bonchev–Trinajstić information content (AvgIpc) is 3.45. The van der Waals surface area contributed by atoms with Crippen LogP contribution in [-0.4, -0.2) is 67.4 Å².